The van der Waals surface area contributed by atoms with Gasteiger partial charge in [0.2, 0.25) is 5.91 Å². The topological polar surface area (TPSA) is 53.1 Å². The summed E-state index contributed by atoms with van der Waals surface area (Å²) in [6, 6.07) is 12.8. The number of benzene rings is 2. The lowest BCUT2D eigenvalue weighted by atomic mass is 10.1. The van der Waals surface area contributed by atoms with Crippen molar-refractivity contribution in [1.29, 1.82) is 0 Å². The van der Waals surface area contributed by atoms with Crippen molar-refractivity contribution in [3.63, 3.8) is 0 Å². The van der Waals surface area contributed by atoms with E-state index >= 15 is 0 Å². The van der Waals surface area contributed by atoms with Crippen LogP contribution in [0.15, 0.2) is 42.5 Å². The number of rotatable bonds is 4. The number of imide groups is 1. The Kier molecular flexibility index (Phi) is 5.48. The van der Waals surface area contributed by atoms with Crippen molar-refractivity contribution in [2.24, 2.45) is 0 Å². The largest absolute Gasteiger partial charge is 0.495 e. The summed E-state index contributed by atoms with van der Waals surface area (Å²) in [5.41, 5.74) is 2.52. The van der Waals surface area contributed by atoms with Crippen LogP contribution in [0, 0.1) is 6.92 Å². The molecule has 4 rings (SSSR count). The molecule has 2 aromatic rings. The number of anilines is 2. The Hall–Kier alpha value is -2.57. The lowest BCUT2D eigenvalue weighted by Crippen LogP contribution is -2.52. The Morgan fingerprint density at radius 3 is 2.45 bits per heavy atom. The first-order valence-electron chi connectivity index (χ1n) is 9.74. The predicted octanol–water partition coefficient (Wildman–Crippen LogP) is 3.11. The average Bonchev–Trinajstić information content (AvgIpc) is 3.04. The Bertz CT molecular complexity index is 941. The van der Waals surface area contributed by atoms with E-state index in [1.807, 2.05) is 37.3 Å². The number of nitrogens with zero attached hydrogens (tertiary/aromatic N) is 3. The molecule has 0 radical (unpaired) electrons. The standard InChI is InChI=1S/C22H24ClN3O3/c1-15-7-8-16(13-17(15)23)26-21(27)14-19(22(26)28)25-11-9-24(10-12-25)18-5-3-4-6-20(18)29-2/h3-8,13,19H,9-12,14H2,1-2H3. The van der Waals surface area contributed by atoms with E-state index in [-0.39, 0.29) is 18.2 Å². The van der Waals surface area contributed by atoms with E-state index in [1.165, 1.54) is 4.90 Å². The van der Waals surface area contributed by atoms with E-state index < -0.39 is 6.04 Å². The van der Waals surface area contributed by atoms with Crippen LogP contribution in [-0.2, 0) is 9.59 Å². The number of aryl methyl sites for hydroxylation is 1. The van der Waals surface area contributed by atoms with Gasteiger partial charge in [0.15, 0.2) is 0 Å². The van der Waals surface area contributed by atoms with Gasteiger partial charge in [0, 0.05) is 31.2 Å². The monoisotopic (exact) mass is 413 g/mol. The van der Waals surface area contributed by atoms with Gasteiger partial charge in [0.1, 0.15) is 5.75 Å². The number of hydrogen-bond acceptors (Lipinski definition) is 5. The molecule has 2 aliphatic rings. The molecule has 2 amide bonds. The van der Waals surface area contributed by atoms with Gasteiger partial charge >= 0.3 is 0 Å². The summed E-state index contributed by atoms with van der Waals surface area (Å²) < 4.78 is 5.47. The van der Waals surface area contributed by atoms with E-state index in [4.69, 9.17) is 16.3 Å². The second kappa shape index (κ2) is 8.05. The zero-order valence-electron chi connectivity index (χ0n) is 16.6. The molecule has 29 heavy (non-hydrogen) atoms. The van der Waals surface area contributed by atoms with Crippen LogP contribution in [-0.4, -0.2) is 56.0 Å². The molecule has 2 saturated heterocycles. The number of methoxy groups -OCH3 is 1. The Labute approximate surface area is 175 Å². The third kappa shape index (κ3) is 3.70. The number of para-hydroxylation sites is 2. The van der Waals surface area contributed by atoms with Crippen molar-refractivity contribution in [3.05, 3.63) is 53.1 Å². The van der Waals surface area contributed by atoms with Crippen molar-refractivity contribution in [2.75, 3.05) is 43.1 Å². The lowest BCUT2D eigenvalue weighted by Gasteiger charge is -2.38. The van der Waals surface area contributed by atoms with Crippen molar-refractivity contribution < 1.29 is 14.3 Å². The molecule has 0 aromatic heterocycles. The third-order valence-corrected chi connectivity index (χ3v) is 6.12. The summed E-state index contributed by atoms with van der Waals surface area (Å²) in [4.78, 5) is 31.3. The number of piperazine rings is 1. The fourth-order valence-corrected chi connectivity index (χ4v) is 4.23. The maximum absolute atomic E-state index is 13.1. The van der Waals surface area contributed by atoms with Gasteiger partial charge in [-0.3, -0.25) is 14.5 Å². The van der Waals surface area contributed by atoms with Gasteiger partial charge in [-0.15, -0.1) is 0 Å². The molecule has 2 aromatic carbocycles. The Balaban J connectivity index is 1.46. The number of carbonyl (C=O) groups is 2. The van der Waals surface area contributed by atoms with Gasteiger partial charge in [-0.2, -0.15) is 0 Å². The fraction of sp³-hybridized carbons (Fsp3) is 0.364. The molecule has 2 aliphatic heterocycles. The van der Waals surface area contributed by atoms with Crippen LogP contribution in [0.25, 0.3) is 0 Å². The first-order chi connectivity index (χ1) is 14.0. The van der Waals surface area contributed by atoms with Gasteiger partial charge in [-0.25, -0.2) is 4.90 Å². The lowest BCUT2D eigenvalue weighted by molar-refractivity contribution is -0.123. The van der Waals surface area contributed by atoms with Gasteiger partial charge in [0.05, 0.1) is 30.9 Å². The smallest absolute Gasteiger partial charge is 0.251 e. The highest BCUT2D eigenvalue weighted by Crippen LogP contribution is 2.31. The number of carbonyl (C=O) groups excluding carboxylic acids is 2. The van der Waals surface area contributed by atoms with Crippen molar-refractivity contribution in [1.82, 2.24) is 4.90 Å². The van der Waals surface area contributed by atoms with Crippen LogP contribution in [0.4, 0.5) is 11.4 Å². The SMILES string of the molecule is COc1ccccc1N1CCN(C2CC(=O)N(c3ccc(C)c(Cl)c3)C2=O)CC1. The summed E-state index contributed by atoms with van der Waals surface area (Å²) in [6.07, 6.45) is 0.207. The van der Waals surface area contributed by atoms with Crippen molar-refractivity contribution in [3.8, 4) is 5.75 Å². The minimum atomic E-state index is -0.414. The Morgan fingerprint density at radius 2 is 1.76 bits per heavy atom. The molecule has 0 spiro atoms. The van der Waals surface area contributed by atoms with Gasteiger partial charge in [-0.1, -0.05) is 29.8 Å². The summed E-state index contributed by atoms with van der Waals surface area (Å²) in [6.45, 7) is 4.86. The number of ether oxygens (including phenoxy) is 1. The first-order valence-corrected chi connectivity index (χ1v) is 10.1. The molecule has 2 fully saturated rings. The first kappa shape index (κ1) is 19.7. The number of hydrogen-bond donors (Lipinski definition) is 0. The molecule has 1 unspecified atom stereocenters. The minimum absolute atomic E-state index is 0.166. The van der Waals surface area contributed by atoms with Crippen molar-refractivity contribution >= 4 is 34.8 Å². The normalized spacial score (nSPS) is 20.4. The van der Waals surface area contributed by atoms with Crippen LogP contribution in [0.3, 0.4) is 0 Å². The fourth-order valence-electron chi connectivity index (χ4n) is 4.06. The number of halogens is 1. The van der Waals surface area contributed by atoms with E-state index in [2.05, 4.69) is 9.80 Å². The quantitative estimate of drug-likeness (QED) is 0.721. The number of amides is 2. The second-order valence-electron chi connectivity index (χ2n) is 7.42. The van der Waals surface area contributed by atoms with Gasteiger partial charge < -0.3 is 9.64 Å². The molecule has 0 saturated carbocycles. The highest BCUT2D eigenvalue weighted by atomic mass is 35.5. The molecule has 1 atom stereocenters. The molecule has 6 nitrogen and oxygen atoms in total. The summed E-state index contributed by atoms with van der Waals surface area (Å²) in [7, 11) is 1.67. The van der Waals surface area contributed by atoms with Gasteiger partial charge in [-0.05, 0) is 36.8 Å². The average molecular weight is 414 g/mol. The molecule has 2 heterocycles. The Morgan fingerprint density at radius 1 is 1.03 bits per heavy atom. The molecule has 0 aliphatic carbocycles. The predicted molar refractivity (Wildman–Crippen MR) is 114 cm³/mol. The molecule has 0 bridgehead atoms. The van der Waals surface area contributed by atoms with Crippen LogP contribution in [0.5, 0.6) is 5.75 Å². The van der Waals surface area contributed by atoms with Crippen LogP contribution in [0.2, 0.25) is 5.02 Å². The molecule has 152 valence electrons. The van der Waals surface area contributed by atoms with Crippen molar-refractivity contribution in [2.45, 2.75) is 19.4 Å². The van der Waals surface area contributed by atoms with Crippen LogP contribution < -0.4 is 14.5 Å². The zero-order chi connectivity index (χ0) is 20.5. The molecular weight excluding hydrogens is 390 g/mol. The minimum Gasteiger partial charge on any atom is -0.495 e. The third-order valence-electron chi connectivity index (χ3n) is 5.72. The molecule has 0 N–H and O–H groups in total. The highest BCUT2D eigenvalue weighted by Gasteiger charge is 2.43. The summed E-state index contributed by atoms with van der Waals surface area (Å²) in [5, 5.41) is 0.553. The van der Waals surface area contributed by atoms with Crippen LogP contribution >= 0.6 is 11.6 Å². The van der Waals surface area contributed by atoms with E-state index in [0.29, 0.717) is 23.8 Å². The van der Waals surface area contributed by atoms with Gasteiger partial charge in [0.25, 0.3) is 5.91 Å². The highest BCUT2D eigenvalue weighted by molar-refractivity contribution is 6.32. The zero-order valence-corrected chi connectivity index (χ0v) is 17.4. The van der Waals surface area contributed by atoms with E-state index in [9.17, 15) is 9.59 Å². The van der Waals surface area contributed by atoms with E-state index in [1.54, 1.807) is 19.2 Å². The molecule has 7 heteroatoms. The molecular formula is C22H24ClN3O3. The summed E-state index contributed by atoms with van der Waals surface area (Å²) in [5.74, 6) is 0.503. The second-order valence-corrected chi connectivity index (χ2v) is 7.82. The van der Waals surface area contributed by atoms with E-state index in [0.717, 1.165) is 30.1 Å². The van der Waals surface area contributed by atoms with Crippen LogP contribution in [0.1, 0.15) is 12.0 Å². The maximum Gasteiger partial charge on any atom is 0.251 e. The maximum atomic E-state index is 13.1. The summed E-state index contributed by atoms with van der Waals surface area (Å²) >= 11 is 6.20.